The minimum Gasteiger partial charge on any atom is -0.433 e. The molecule has 50 heavy (non-hydrogen) atoms. The van der Waals surface area contributed by atoms with Gasteiger partial charge in [-0.15, -0.1) is 0 Å². The van der Waals surface area contributed by atoms with E-state index in [9.17, 15) is 19.2 Å². The number of hydrogen-bond acceptors (Lipinski definition) is 8. The molecule has 2 aromatic rings. The highest BCUT2D eigenvalue weighted by Gasteiger charge is 2.44. The maximum atomic E-state index is 13.6. The summed E-state index contributed by atoms with van der Waals surface area (Å²) in [5.74, 6) is 0.396. The second-order valence-electron chi connectivity index (χ2n) is 16.4. The van der Waals surface area contributed by atoms with E-state index in [1.165, 1.54) is 10.1 Å². The molecule has 13 heteroatoms. The summed E-state index contributed by atoms with van der Waals surface area (Å²) < 4.78 is 7.27. The summed E-state index contributed by atoms with van der Waals surface area (Å²) in [5, 5.41) is 2.73. The zero-order chi connectivity index (χ0) is 37.2. The summed E-state index contributed by atoms with van der Waals surface area (Å²) in [4.78, 5) is 64.5. The topological polar surface area (TPSA) is 146 Å². The number of rotatable bonds is 7. The van der Waals surface area contributed by atoms with Gasteiger partial charge in [0.15, 0.2) is 5.60 Å². The Kier molecular flexibility index (Phi) is 11.7. The number of nitrogens with zero attached hydrogens (tertiary/aromatic N) is 6. The number of piperidine rings is 1. The van der Waals surface area contributed by atoms with Crippen molar-refractivity contribution < 1.29 is 19.1 Å². The lowest BCUT2D eigenvalue weighted by Gasteiger charge is -2.46. The van der Waals surface area contributed by atoms with Crippen molar-refractivity contribution >= 4 is 23.8 Å². The number of benzene rings is 1. The number of nitrogens with one attached hydrogen (secondary N) is 1. The Morgan fingerprint density at radius 2 is 1.56 bits per heavy atom. The molecule has 0 bridgehead atoms. The number of hydrogen-bond donors (Lipinski definition) is 2. The van der Waals surface area contributed by atoms with Gasteiger partial charge < -0.3 is 20.3 Å². The van der Waals surface area contributed by atoms with Crippen molar-refractivity contribution in [3.05, 3.63) is 52.6 Å². The van der Waals surface area contributed by atoms with Gasteiger partial charge in [0.1, 0.15) is 5.82 Å². The minimum atomic E-state index is -1.42. The lowest BCUT2D eigenvalue weighted by molar-refractivity contribution is -0.154. The first-order valence-electron chi connectivity index (χ1n) is 17.7. The molecule has 4 rings (SSSR count). The highest BCUT2D eigenvalue weighted by atomic mass is 16.6. The molecule has 2 fully saturated rings. The maximum absolute atomic E-state index is 13.6. The predicted octanol–water partition coefficient (Wildman–Crippen LogP) is 4.67. The molecule has 13 nitrogen and oxygen atoms in total. The van der Waals surface area contributed by atoms with Crippen LogP contribution in [0.1, 0.15) is 87.6 Å². The van der Waals surface area contributed by atoms with E-state index in [0.29, 0.717) is 11.6 Å². The van der Waals surface area contributed by atoms with E-state index < -0.39 is 34.5 Å². The molecule has 276 valence electrons. The van der Waals surface area contributed by atoms with Crippen molar-refractivity contribution in [3.63, 3.8) is 0 Å². The van der Waals surface area contributed by atoms with Gasteiger partial charge in [-0.2, -0.15) is 4.98 Å². The molecule has 3 N–H and O–H groups in total. The normalized spacial score (nSPS) is 18.8. The smallest absolute Gasteiger partial charge is 0.411 e. The van der Waals surface area contributed by atoms with Crippen molar-refractivity contribution in [3.8, 4) is 5.69 Å². The fourth-order valence-electron chi connectivity index (χ4n) is 7.17. The number of carbonyl (C=O) groups excluding carboxylic acids is 3. The predicted molar refractivity (Wildman–Crippen MR) is 195 cm³/mol. The number of aromatic nitrogens is 2. The Morgan fingerprint density at radius 1 is 0.960 bits per heavy atom. The fourth-order valence-corrected chi connectivity index (χ4v) is 7.17. The van der Waals surface area contributed by atoms with Crippen LogP contribution in [-0.4, -0.2) is 109 Å². The maximum Gasteiger partial charge on any atom is 0.411 e. The molecule has 3 heterocycles. The molecule has 0 aliphatic carbocycles. The molecule has 2 saturated heterocycles. The number of anilines is 1. The van der Waals surface area contributed by atoms with E-state index in [-0.39, 0.29) is 43.4 Å². The van der Waals surface area contributed by atoms with Gasteiger partial charge in [-0.3, -0.25) is 24.5 Å². The molecular weight excluding hydrogens is 636 g/mol. The second kappa shape index (κ2) is 15.1. The number of likely N-dealkylation sites (tertiary alicyclic amines) is 1. The molecule has 1 aromatic heterocycles. The number of carbonyl (C=O) groups is 3. The van der Waals surface area contributed by atoms with E-state index in [0.717, 1.165) is 32.5 Å². The van der Waals surface area contributed by atoms with Gasteiger partial charge in [0.25, 0.3) is 5.91 Å². The average molecular weight is 695 g/mol. The third-order valence-electron chi connectivity index (χ3n) is 9.59. The second-order valence-corrected chi connectivity index (χ2v) is 16.4. The first-order chi connectivity index (χ1) is 23.2. The summed E-state index contributed by atoms with van der Waals surface area (Å²) in [7, 11) is 0. The number of amides is 4. The Bertz CT molecular complexity index is 1550. The van der Waals surface area contributed by atoms with Gasteiger partial charge in [0.2, 0.25) is 0 Å². The summed E-state index contributed by atoms with van der Waals surface area (Å²) in [6.07, 6.45) is 3.26. The SMILES string of the molecule is C[C@H](N)C1CCN(Cc2ccc(-n3ccc(NC(=O)N4CCN(C(=O)C(C)(C)OC(=O)N(C(C)(C)C)C(C)(C)C)[C@H](C)C4)nc3=O)cc2)CC1. The van der Waals surface area contributed by atoms with E-state index in [1.54, 1.807) is 40.8 Å². The Morgan fingerprint density at radius 3 is 2.08 bits per heavy atom. The van der Waals surface area contributed by atoms with Gasteiger partial charge in [-0.05, 0) is 125 Å². The van der Waals surface area contributed by atoms with Gasteiger partial charge in [-0.1, -0.05) is 12.1 Å². The highest BCUT2D eigenvalue weighted by Crippen LogP contribution is 2.29. The summed E-state index contributed by atoms with van der Waals surface area (Å²) in [6.45, 7) is 22.4. The quantitative estimate of drug-likeness (QED) is 0.425. The zero-order valence-corrected chi connectivity index (χ0v) is 31.7. The molecule has 4 amide bonds. The van der Waals surface area contributed by atoms with Gasteiger partial charge in [0.05, 0.1) is 5.69 Å². The Balaban J connectivity index is 1.31. The van der Waals surface area contributed by atoms with Crippen molar-refractivity contribution in [2.45, 2.75) is 117 Å². The first-order valence-corrected chi connectivity index (χ1v) is 17.7. The molecule has 0 spiro atoms. The number of nitrogens with two attached hydrogens (primary N) is 1. The third-order valence-corrected chi connectivity index (χ3v) is 9.59. The fraction of sp³-hybridized carbons (Fsp3) is 0.649. The molecule has 2 aliphatic rings. The van der Waals surface area contributed by atoms with Crippen molar-refractivity contribution in [2.75, 3.05) is 38.0 Å². The standard InChI is InChI=1S/C37H58N8O5/c1-25-23-42(21-22-43(25)31(46)37(9,10)50-34(49)45(35(3,4)5)36(6,7)8)32(47)39-30-17-20-44(33(48)40-30)29-13-11-27(12-14-29)24-41-18-15-28(16-19-41)26(2)38/h11-14,17,20,25-26,28H,15-16,18-19,21-24,38H2,1-10H3,(H,39,40,47,48)/t25-,26+/m1/s1. The number of urea groups is 1. The van der Waals surface area contributed by atoms with Gasteiger partial charge in [0, 0.05) is 55.5 Å². The molecular formula is C37H58N8O5. The Hall–Kier alpha value is -3.97. The lowest BCUT2D eigenvalue weighted by atomic mass is 9.91. The first kappa shape index (κ1) is 38.8. The Labute approximate surface area is 297 Å². The van der Waals surface area contributed by atoms with Crippen molar-refractivity contribution in [1.29, 1.82) is 0 Å². The van der Waals surface area contributed by atoms with Crippen molar-refractivity contribution in [1.82, 2.24) is 29.2 Å². The molecule has 2 aliphatic heterocycles. The molecule has 1 aromatic carbocycles. The van der Waals surface area contributed by atoms with Crippen LogP contribution in [0.4, 0.5) is 15.4 Å². The molecule has 0 saturated carbocycles. The van der Waals surface area contributed by atoms with Crippen molar-refractivity contribution in [2.24, 2.45) is 11.7 Å². The molecule has 0 unspecified atom stereocenters. The van der Waals surface area contributed by atoms with Crippen LogP contribution >= 0.6 is 0 Å². The van der Waals surface area contributed by atoms with E-state index in [4.69, 9.17) is 10.5 Å². The molecule has 0 radical (unpaired) electrons. The van der Waals surface area contributed by atoms with Gasteiger partial charge >= 0.3 is 17.8 Å². The largest absolute Gasteiger partial charge is 0.433 e. The lowest BCUT2D eigenvalue weighted by Crippen LogP contribution is -2.62. The minimum absolute atomic E-state index is 0.143. The molecule has 2 atom stereocenters. The summed E-state index contributed by atoms with van der Waals surface area (Å²) in [6, 6.07) is 8.93. The van der Waals surface area contributed by atoms with Crippen LogP contribution in [0.2, 0.25) is 0 Å². The average Bonchev–Trinajstić information content (AvgIpc) is 2.99. The van der Waals surface area contributed by atoms with Crippen LogP contribution in [0.15, 0.2) is 41.3 Å². The van der Waals surface area contributed by atoms with Crippen LogP contribution in [0, 0.1) is 5.92 Å². The van der Waals surface area contributed by atoms with E-state index in [2.05, 4.69) is 22.1 Å². The van der Waals surface area contributed by atoms with E-state index >= 15 is 0 Å². The van der Waals surface area contributed by atoms with E-state index in [1.807, 2.05) is 72.7 Å². The third kappa shape index (κ3) is 9.42. The van der Waals surface area contributed by atoms with Crippen LogP contribution in [0.25, 0.3) is 5.69 Å². The van der Waals surface area contributed by atoms with Crippen LogP contribution in [-0.2, 0) is 16.1 Å². The zero-order valence-electron chi connectivity index (χ0n) is 31.7. The summed E-state index contributed by atoms with van der Waals surface area (Å²) in [5.41, 5.74) is 4.98. The monoisotopic (exact) mass is 694 g/mol. The van der Waals surface area contributed by atoms with Crippen LogP contribution in [0.3, 0.4) is 0 Å². The number of piperazine rings is 1. The van der Waals surface area contributed by atoms with Gasteiger partial charge in [-0.25, -0.2) is 14.4 Å². The summed E-state index contributed by atoms with van der Waals surface area (Å²) >= 11 is 0. The van der Waals surface area contributed by atoms with Crippen LogP contribution in [0.5, 0.6) is 0 Å². The van der Waals surface area contributed by atoms with Crippen LogP contribution < -0.4 is 16.7 Å². The number of ether oxygens (including phenoxy) is 1. The highest BCUT2D eigenvalue weighted by molar-refractivity contribution is 5.90.